The molecule has 0 radical (unpaired) electrons. The van der Waals surface area contributed by atoms with Crippen molar-refractivity contribution in [2.24, 2.45) is 4.99 Å². The average molecular weight is 414 g/mol. The summed E-state index contributed by atoms with van der Waals surface area (Å²) in [6.07, 6.45) is 8.43. The lowest BCUT2D eigenvalue weighted by molar-refractivity contribution is 0.841. The molecule has 0 unspecified atom stereocenters. The van der Waals surface area contributed by atoms with Crippen LogP contribution in [0.5, 0.6) is 0 Å². The number of pyridine rings is 1. The van der Waals surface area contributed by atoms with Crippen molar-refractivity contribution in [3.05, 3.63) is 100 Å². The number of rotatable bonds is 7. The minimum absolute atomic E-state index is 0.215. The van der Waals surface area contributed by atoms with E-state index in [9.17, 15) is 4.79 Å². The average Bonchev–Trinajstić information content (AvgIpc) is 3.36. The standard InChI is InChI=1S/C23H19N5OS/c1-3-19-20(4-2)30-23(26-19)28-22(29)18(15-25-14-16-10-12-24-13-11-16)21(27-28)17-8-6-5-7-9-17/h3-13,15,27H,1-2,14H2. The Balaban J connectivity index is 1.80. The molecule has 0 spiro atoms. The Morgan fingerprint density at radius 2 is 1.87 bits per heavy atom. The zero-order chi connectivity index (χ0) is 20.9. The summed E-state index contributed by atoms with van der Waals surface area (Å²) in [7, 11) is 0. The lowest BCUT2D eigenvalue weighted by Gasteiger charge is -1.99. The molecule has 0 aliphatic heterocycles. The van der Waals surface area contributed by atoms with Gasteiger partial charge in [-0.2, -0.15) is 4.68 Å². The SMILES string of the molecule is C=Cc1nc(-n2[nH]c(-c3ccccc3)c(C=NCc3ccncc3)c2=O)sc1C=C. The number of benzene rings is 1. The monoisotopic (exact) mass is 413 g/mol. The maximum Gasteiger partial charge on any atom is 0.282 e. The number of nitrogens with one attached hydrogen (secondary N) is 1. The lowest BCUT2D eigenvalue weighted by atomic mass is 10.1. The third kappa shape index (κ3) is 3.83. The van der Waals surface area contributed by atoms with Crippen molar-refractivity contribution >= 4 is 29.7 Å². The Kier molecular flexibility index (Phi) is 5.63. The van der Waals surface area contributed by atoms with Crippen molar-refractivity contribution in [1.29, 1.82) is 0 Å². The van der Waals surface area contributed by atoms with Crippen LogP contribution < -0.4 is 5.56 Å². The molecule has 0 saturated carbocycles. The van der Waals surface area contributed by atoms with Gasteiger partial charge in [0.05, 0.1) is 28.4 Å². The summed E-state index contributed by atoms with van der Waals surface area (Å²) in [5.41, 5.74) is 3.56. The topological polar surface area (TPSA) is 75.9 Å². The minimum Gasteiger partial charge on any atom is -0.288 e. The summed E-state index contributed by atoms with van der Waals surface area (Å²) in [5, 5.41) is 3.73. The normalized spacial score (nSPS) is 11.1. The van der Waals surface area contributed by atoms with Crippen molar-refractivity contribution in [1.82, 2.24) is 19.7 Å². The molecular formula is C23H19N5OS. The molecule has 30 heavy (non-hydrogen) atoms. The highest BCUT2D eigenvalue weighted by Crippen LogP contribution is 2.25. The molecule has 4 rings (SSSR count). The van der Waals surface area contributed by atoms with Crippen molar-refractivity contribution in [2.45, 2.75) is 6.54 Å². The van der Waals surface area contributed by atoms with Gasteiger partial charge in [0.15, 0.2) is 0 Å². The second-order valence-electron chi connectivity index (χ2n) is 6.39. The molecule has 0 fully saturated rings. The number of H-pyrrole nitrogens is 1. The molecule has 3 aromatic heterocycles. The molecule has 0 saturated heterocycles. The van der Waals surface area contributed by atoms with Gasteiger partial charge in [-0.1, -0.05) is 54.8 Å². The van der Waals surface area contributed by atoms with E-state index in [1.165, 1.54) is 16.0 Å². The van der Waals surface area contributed by atoms with Crippen LogP contribution >= 0.6 is 11.3 Å². The first-order chi connectivity index (χ1) is 14.7. The maximum absolute atomic E-state index is 13.2. The van der Waals surface area contributed by atoms with E-state index in [1.807, 2.05) is 42.5 Å². The van der Waals surface area contributed by atoms with E-state index in [1.54, 1.807) is 30.8 Å². The van der Waals surface area contributed by atoms with Crippen LogP contribution in [0.25, 0.3) is 28.5 Å². The summed E-state index contributed by atoms with van der Waals surface area (Å²) >= 11 is 1.37. The van der Waals surface area contributed by atoms with Gasteiger partial charge in [0, 0.05) is 24.2 Å². The number of aromatic amines is 1. The first kappa shape index (κ1) is 19.5. The Labute approximate surface area is 177 Å². The van der Waals surface area contributed by atoms with Crippen LogP contribution in [0.1, 0.15) is 21.7 Å². The zero-order valence-corrected chi connectivity index (χ0v) is 17.0. The molecule has 0 aliphatic carbocycles. The molecule has 0 aliphatic rings. The molecule has 0 atom stereocenters. The second-order valence-corrected chi connectivity index (χ2v) is 7.40. The third-order valence-corrected chi connectivity index (χ3v) is 5.52. The van der Waals surface area contributed by atoms with E-state index < -0.39 is 0 Å². The van der Waals surface area contributed by atoms with Gasteiger partial charge in [-0.05, 0) is 29.8 Å². The molecule has 1 aromatic carbocycles. The molecule has 7 heteroatoms. The van der Waals surface area contributed by atoms with E-state index in [2.05, 4.69) is 33.2 Å². The highest BCUT2D eigenvalue weighted by molar-refractivity contribution is 7.15. The smallest absolute Gasteiger partial charge is 0.282 e. The van der Waals surface area contributed by atoms with Gasteiger partial charge in [-0.15, -0.1) is 0 Å². The van der Waals surface area contributed by atoms with E-state index in [0.717, 1.165) is 16.0 Å². The van der Waals surface area contributed by atoms with Crippen LogP contribution in [0, 0.1) is 0 Å². The van der Waals surface area contributed by atoms with Gasteiger partial charge >= 0.3 is 0 Å². The highest BCUT2D eigenvalue weighted by Gasteiger charge is 2.18. The Bertz CT molecular complexity index is 1240. The molecular weight excluding hydrogens is 394 g/mol. The largest absolute Gasteiger partial charge is 0.288 e. The molecule has 0 bridgehead atoms. The van der Waals surface area contributed by atoms with Crippen LogP contribution in [-0.2, 0) is 6.54 Å². The van der Waals surface area contributed by atoms with Gasteiger partial charge < -0.3 is 0 Å². The molecule has 4 aromatic rings. The summed E-state index contributed by atoms with van der Waals surface area (Å²) < 4.78 is 1.45. The summed E-state index contributed by atoms with van der Waals surface area (Å²) in [4.78, 5) is 27.1. The Morgan fingerprint density at radius 1 is 1.10 bits per heavy atom. The predicted octanol–water partition coefficient (Wildman–Crippen LogP) is 4.59. The van der Waals surface area contributed by atoms with Crippen molar-refractivity contribution < 1.29 is 0 Å². The fraction of sp³-hybridized carbons (Fsp3) is 0.0435. The van der Waals surface area contributed by atoms with Gasteiger partial charge in [0.25, 0.3) is 5.56 Å². The second kappa shape index (κ2) is 8.67. The Hall–Kier alpha value is -3.84. The quantitative estimate of drug-likeness (QED) is 0.450. The maximum atomic E-state index is 13.2. The van der Waals surface area contributed by atoms with Crippen molar-refractivity contribution in [3.63, 3.8) is 0 Å². The third-order valence-electron chi connectivity index (χ3n) is 4.47. The summed E-state index contributed by atoms with van der Waals surface area (Å²) in [6, 6.07) is 13.5. The number of nitrogens with zero attached hydrogens (tertiary/aromatic N) is 4. The van der Waals surface area contributed by atoms with E-state index in [-0.39, 0.29) is 5.56 Å². The molecule has 0 amide bonds. The summed E-state index contributed by atoms with van der Waals surface area (Å²) in [6.45, 7) is 8.05. The lowest BCUT2D eigenvalue weighted by Crippen LogP contribution is -2.17. The Morgan fingerprint density at radius 3 is 2.53 bits per heavy atom. The zero-order valence-electron chi connectivity index (χ0n) is 16.2. The van der Waals surface area contributed by atoms with Crippen LogP contribution in [0.3, 0.4) is 0 Å². The number of aromatic nitrogens is 4. The first-order valence-electron chi connectivity index (χ1n) is 9.26. The van der Waals surface area contributed by atoms with Crippen LogP contribution in [-0.4, -0.2) is 26.0 Å². The fourth-order valence-corrected chi connectivity index (χ4v) is 3.86. The van der Waals surface area contributed by atoms with Gasteiger partial charge in [-0.25, -0.2) is 4.98 Å². The fourth-order valence-electron chi connectivity index (χ4n) is 2.98. The van der Waals surface area contributed by atoms with E-state index in [0.29, 0.717) is 28.6 Å². The number of aliphatic imine (C=N–C) groups is 1. The van der Waals surface area contributed by atoms with Gasteiger partial charge in [-0.3, -0.25) is 19.9 Å². The number of hydrogen-bond donors (Lipinski definition) is 1. The van der Waals surface area contributed by atoms with Gasteiger partial charge in [0.1, 0.15) is 0 Å². The molecule has 6 nitrogen and oxygen atoms in total. The van der Waals surface area contributed by atoms with Crippen molar-refractivity contribution in [3.8, 4) is 16.4 Å². The minimum atomic E-state index is -0.215. The molecule has 1 N–H and O–H groups in total. The molecule has 3 heterocycles. The van der Waals surface area contributed by atoms with Crippen LogP contribution in [0.2, 0.25) is 0 Å². The van der Waals surface area contributed by atoms with Crippen LogP contribution in [0.15, 0.2) is 77.8 Å². The van der Waals surface area contributed by atoms with Crippen LogP contribution in [0.4, 0.5) is 0 Å². The van der Waals surface area contributed by atoms with Gasteiger partial charge in [0.2, 0.25) is 5.13 Å². The van der Waals surface area contributed by atoms with E-state index >= 15 is 0 Å². The highest BCUT2D eigenvalue weighted by atomic mass is 32.1. The van der Waals surface area contributed by atoms with Crippen molar-refractivity contribution in [2.75, 3.05) is 0 Å². The van der Waals surface area contributed by atoms with E-state index in [4.69, 9.17) is 0 Å². The number of thiazole rings is 1. The first-order valence-corrected chi connectivity index (χ1v) is 10.1. The summed E-state index contributed by atoms with van der Waals surface area (Å²) in [5.74, 6) is 0. The molecule has 148 valence electrons. The number of hydrogen-bond acceptors (Lipinski definition) is 5. The predicted molar refractivity (Wildman–Crippen MR) is 123 cm³/mol.